The van der Waals surface area contributed by atoms with Gasteiger partial charge in [0.15, 0.2) is 0 Å². The van der Waals surface area contributed by atoms with Gasteiger partial charge in [-0.1, -0.05) is 0 Å². The Morgan fingerprint density at radius 1 is 0.667 bits per heavy atom. The molecule has 0 saturated carbocycles. The summed E-state index contributed by atoms with van der Waals surface area (Å²) in [4.78, 5) is 0. The van der Waals surface area contributed by atoms with Crippen LogP contribution in [0.5, 0.6) is 0 Å². The molecule has 0 aromatic carbocycles. The molecule has 0 unspecified atom stereocenters. The average molecular weight is 405 g/mol. The molecule has 0 amide bonds. The molecule has 0 saturated heterocycles. The van der Waals surface area contributed by atoms with Crippen LogP contribution in [-0.4, -0.2) is 0 Å². The van der Waals surface area contributed by atoms with Crippen molar-refractivity contribution >= 4 is 18.8 Å². The Morgan fingerprint density at radius 2 is 0.667 bits per heavy atom. The molecule has 0 aromatic rings. The average Bonchev–Trinajstić information content (AvgIpc) is 0.918. The van der Waals surface area contributed by atoms with Crippen molar-refractivity contribution in [3.05, 3.63) is 0 Å². The van der Waals surface area contributed by atoms with E-state index >= 15 is 0 Å². The van der Waals surface area contributed by atoms with Gasteiger partial charge in [0.2, 0.25) is 0 Å². The molecule has 0 aliphatic heterocycles. The van der Waals surface area contributed by atoms with Crippen LogP contribution in [0.15, 0.2) is 0 Å². The summed E-state index contributed by atoms with van der Waals surface area (Å²) in [6.07, 6.45) is 0. The second-order valence-corrected chi connectivity index (χ2v) is 3.33. The van der Waals surface area contributed by atoms with Crippen LogP contribution in [0.25, 0.3) is 0 Å². The molecule has 0 spiro atoms. The number of rotatable bonds is 0. The van der Waals surface area contributed by atoms with E-state index in [-0.39, 0.29) is 49.4 Å². The first-order chi connectivity index (χ1) is 1.41. The van der Waals surface area contributed by atoms with Crippen LogP contribution in [0.2, 0.25) is 0 Å². The summed E-state index contributed by atoms with van der Waals surface area (Å²) in [6.45, 7) is 0. The van der Waals surface area contributed by atoms with E-state index in [1.54, 1.807) is 0 Å². The Kier molecular flexibility index (Phi) is 829. The third-order valence-corrected chi connectivity index (χ3v) is 0. The van der Waals surface area contributed by atoms with Crippen molar-refractivity contribution in [2.24, 2.45) is 0 Å². The molecule has 0 atom stereocenters. The Labute approximate surface area is 84.3 Å². The van der Waals surface area contributed by atoms with Gasteiger partial charge < -0.3 is 49.4 Å². The molecule has 9 heteroatoms. The Balaban J connectivity index is -0.00000000133. The van der Waals surface area contributed by atoms with Crippen molar-refractivity contribution in [3.8, 4) is 0 Å². The maximum atomic E-state index is 4.88. The van der Waals surface area contributed by atoms with Gasteiger partial charge in [-0.05, 0) is 0 Å². The van der Waals surface area contributed by atoms with E-state index in [0.717, 1.165) is 0 Å². The van der Waals surface area contributed by atoms with Crippen LogP contribution >= 0.6 is 18.8 Å². The molecule has 0 rings (SSSR count). The predicted molar refractivity (Wildman–Crippen MR) is 31.8 cm³/mol. The van der Waals surface area contributed by atoms with Crippen LogP contribution in [0.4, 0.5) is 0 Å². The summed E-state index contributed by atoms with van der Waals surface area (Å²) in [5, 5.41) is 0. The third-order valence-electron chi connectivity index (χ3n) is 0. The van der Waals surface area contributed by atoms with Gasteiger partial charge in [-0.2, -0.15) is 0 Å². The first-order valence-corrected chi connectivity index (χ1v) is 5.87. The summed E-state index contributed by atoms with van der Waals surface area (Å²) in [5.41, 5.74) is 0. The van der Waals surface area contributed by atoms with E-state index in [1.165, 1.54) is 0 Å². The van der Waals surface area contributed by atoms with Gasteiger partial charge in [0.05, 0.1) is 0 Å². The van der Waals surface area contributed by atoms with Gasteiger partial charge in [-0.15, -0.1) is 0 Å². The first kappa shape index (κ1) is 73.7. The van der Waals surface area contributed by atoms with Gasteiger partial charge in [0, 0.05) is 0 Å². The van der Waals surface area contributed by atoms with Crippen LogP contribution in [0.3, 0.4) is 0 Å². The van der Waals surface area contributed by atoms with Crippen LogP contribution in [0.1, 0.15) is 0 Å². The fourth-order valence-electron chi connectivity index (χ4n) is 0. The number of hydrogen-bond acceptors (Lipinski definition) is 4. The van der Waals surface area contributed by atoms with Crippen LogP contribution in [0, 0.1) is 0 Å². The molecule has 12 N–H and O–H groups in total. The second-order valence-electron chi connectivity index (χ2n) is 0.0452. The van der Waals surface area contributed by atoms with Crippen molar-refractivity contribution in [1.82, 2.24) is 24.6 Å². The molecule has 70 valence electrons. The summed E-state index contributed by atoms with van der Waals surface area (Å²) in [5.74, 6) is 0. The van der Waals surface area contributed by atoms with Gasteiger partial charge in [0.25, 0.3) is 0 Å². The van der Waals surface area contributed by atoms with E-state index in [0.29, 0.717) is 0 Å². The summed E-state index contributed by atoms with van der Waals surface area (Å²) in [7, 11) is 9.75. The maximum absolute atomic E-state index is 4.88. The van der Waals surface area contributed by atoms with Crippen LogP contribution in [-0.2, 0) is 16.5 Å². The fraction of sp³-hybridized carbons (Fsp3) is 0. The van der Waals surface area contributed by atoms with Crippen molar-refractivity contribution in [2.45, 2.75) is 0 Å². The zero-order chi connectivity index (χ0) is 2.71. The first-order valence-electron chi connectivity index (χ1n) is 0.239. The van der Waals surface area contributed by atoms with Crippen molar-refractivity contribution < 1.29 is 41.3 Å². The summed E-state index contributed by atoms with van der Waals surface area (Å²) < 4.78 is 0. The third kappa shape index (κ3) is 201. The fourth-order valence-corrected chi connectivity index (χ4v) is 0. The minimum absolute atomic E-state index is 0. The van der Waals surface area contributed by atoms with Crippen molar-refractivity contribution in [3.63, 3.8) is 0 Å². The SMILES string of the molecule is N.N.N.N.[Cl-].[Cl-].[Cl][Pt+2][Cl]. The molecule has 4 nitrogen and oxygen atoms in total. The molecule has 0 bridgehead atoms. The molecule has 0 aromatic heterocycles. The summed E-state index contributed by atoms with van der Waals surface area (Å²) >= 11 is -0.472. The normalized spacial score (nSPS) is 2.44. The zero-order valence-electron chi connectivity index (χ0n) is 4.66. The molecular formula is H12Cl4N4Pt. The van der Waals surface area contributed by atoms with E-state index < -0.39 is 16.5 Å². The zero-order valence-corrected chi connectivity index (χ0v) is 9.95. The Bertz CT molecular complexity index is 12.5. The van der Waals surface area contributed by atoms with Gasteiger partial charge in [0.1, 0.15) is 0 Å². The number of hydrogen-bond donors (Lipinski definition) is 4. The van der Waals surface area contributed by atoms with E-state index in [9.17, 15) is 0 Å². The molecule has 0 aliphatic rings. The predicted octanol–water partition coefficient (Wildman–Crippen LogP) is -3.97. The molecule has 0 heterocycles. The van der Waals surface area contributed by atoms with Crippen LogP contribution < -0.4 is 49.4 Å². The van der Waals surface area contributed by atoms with Gasteiger partial charge in [-0.25, -0.2) is 0 Å². The molecule has 0 fully saturated rings. The van der Waals surface area contributed by atoms with Crippen molar-refractivity contribution in [1.29, 1.82) is 0 Å². The molecular weight excluding hydrogens is 393 g/mol. The number of halogens is 4. The second kappa shape index (κ2) is 101. The topological polar surface area (TPSA) is 140 Å². The molecule has 0 aliphatic carbocycles. The minimum atomic E-state index is -0.472. The Hall–Kier alpha value is 1.69. The quantitative estimate of drug-likeness (QED) is 0.327. The van der Waals surface area contributed by atoms with Gasteiger partial charge >= 0.3 is 35.3 Å². The van der Waals surface area contributed by atoms with E-state index in [1.807, 2.05) is 0 Å². The Morgan fingerprint density at radius 3 is 0.667 bits per heavy atom. The molecule has 0 radical (unpaired) electrons. The molecule has 9 heavy (non-hydrogen) atoms. The summed E-state index contributed by atoms with van der Waals surface area (Å²) in [6, 6.07) is 0. The monoisotopic (exact) mass is 403 g/mol. The van der Waals surface area contributed by atoms with E-state index in [2.05, 4.69) is 0 Å². The van der Waals surface area contributed by atoms with Crippen molar-refractivity contribution in [2.75, 3.05) is 0 Å². The van der Waals surface area contributed by atoms with E-state index in [4.69, 9.17) is 18.8 Å². The van der Waals surface area contributed by atoms with Gasteiger partial charge in [-0.3, -0.25) is 0 Å². The standard InChI is InChI=1S/4ClH.4H3N.Pt/h4*1H;4*1H3;/q;;;;;;;;+4/p-4.